The van der Waals surface area contributed by atoms with Gasteiger partial charge in [0.25, 0.3) is 5.69 Å². The molecule has 0 saturated heterocycles. The maximum atomic E-state index is 10.6. The summed E-state index contributed by atoms with van der Waals surface area (Å²) in [5, 5.41) is 11.7. The van der Waals surface area contributed by atoms with E-state index in [1.54, 1.807) is 23.9 Å². The second-order valence-corrected chi connectivity index (χ2v) is 7.79. The first-order valence-electron chi connectivity index (χ1n) is 8.67. The number of non-ortho nitro benzene ring substituents is 1. The summed E-state index contributed by atoms with van der Waals surface area (Å²) in [6.07, 6.45) is 13.4. The number of nitro groups is 1. The molecule has 0 aliphatic heterocycles. The van der Waals surface area contributed by atoms with Crippen LogP contribution in [0.25, 0.3) is 0 Å². The Kier molecular flexibility index (Phi) is 12.3. The minimum Gasteiger partial charge on any atom is -0.258 e. The molecule has 0 N–H and O–H groups in total. The van der Waals surface area contributed by atoms with Gasteiger partial charge in [-0.15, -0.1) is 11.8 Å². The topological polar surface area (TPSA) is 43.1 Å². The fourth-order valence-electron chi connectivity index (χ4n) is 2.46. The molecule has 1 aromatic carbocycles. The molecule has 0 unspecified atom stereocenters. The number of halogens is 1. The summed E-state index contributed by atoms with van der Waals surface area (Å²) in [5.41, 5.74) is 0.168. The Bertz CT molecular complexity index is 426. The van der Waals surface area contributed by atoms with Crippen LogP contribution >= 0.6 is 27.7 Å². The van der Waals surface area contributed by atoms with E-state index in [0.717, 1.165) is 16.0 Å². The molecule has 130 valence electrons. The Morgan fingerprint density at radius 2 is 1.30 bits per heavy atom. The molecule has 0 atom stereocenters. The molecule has 0 saturated carbocycles. The minimum atomic E-state index is -0.351. The lowest BCUT2D eigenvalue weighted by atomic mass is 10.1. The van der Waals surface area contributed by atoms with Crippen molar-refractivity contribution in [2.24, 2.45) is 0 Å². The predicted octanol–water partition coefficient (Wildman–Crippen LogP) is 6.98. The molecule has 0 aliphatic carbocycles. The van der Waals surface area contributed by atoms with E-state index in [4.69, 9.17) is 0 Å². The number of hydrogen-bond donors (Lipinski definition) is 0. The summed E-state index contributed by atoms with van der Waals surface area (Å²) in [4.78, 5) is 11.4. The van der Waals surface area contributed by atoms with E-state index in [1.165, 1.54) is 64.2 Å². The third-order valence-corrected chi connectivity index (χ3v) is 5.50. The Balaban J connectivity index is 1.90. The monoisotopic (exact) mass is 401 g/mol. The lowest BCUT2D eigenvalue weighted by Crippen LogP contribution is -1.87. The number of hydrogen-bond acceptors (Lipinski definition) is 3. The van der Waals surface area contributed by atoms with Crippen LogP contribution in [0.2, 0.25) is 0 Å². The molecule has 0 bridgehead atoms. The van der Waals surface area contributed by atoms with Gasteiger partial charge < -0.3 is 0 Å². The van der Waals surface area contributed by atoms with E-state index in [9.17, 15) is 10.1 Å². The summed E-state index contributed by atoms with van der Waals surface area (Å²) in [6, 6.07) is 6.86. The lowest BCUT2D eigenvalue weighted by Gasteiger charge is -2.03. The van der Waals surface area contributed by atoms with Crippen LogP contribution in [0.15, 0.2) is 29.2 Å². The molecular weight excluding hydrogens is 374 g/mol. The molecular formula is C18H28BrNO2S. The van der Waals surface area contributed by atoms with Gasteiger partial charge in [0, 0.05) is 22.4 Å². The maximum absolute atomic E-state index is 10.6. The van der Waals surface area contributed by atoms with Crippen molar-refractivity contribution in [3.05, 3.63) is 34.4 Å². The lowest BCUT2D eigenvalue weighted by molar-refractivity contribution is -0.384. The van der Waals surface area contributed by atoms with Gasteiger partial charge in [0.2, 0.25) is 0 Å². The summed E-state index contributed by atoms with van der Waals surface area (Å²) in [6.45, 7) is 0. The van der Waals surface area contributed by atoms with E-state index in [-0.39, 0.29) is 10.6 Å². The van der Waals surface area contributed by atoms with Crippen LogP contribution in [0, 0.1) is 10.1 Å². The first kappa shape index (κ1) is 20.5. The molecule has 0 spiro atoms. The zero-order valence-corrected chi connectivity index (χ0v) is 16.2. The van der Waals surface area contributed by atoms with Gasteiger partial charge in [0.15, 0.2) is 0 Å². The Hall–Kier alpha value is -0.550. The minimum absolute atomic E-state index is 0.168. The van der Waals surface area contributed by atoms with Gasteiger partial charge in [0.05, 0.1) is 4.92 Å². The fraction of sp³-hybridized carbons (Fsp3) is 0.667. The zero-order chi connectivity index (χ0) is 16.8. The second kappa shape index (κ2) is 13.8. The van der Waals surface area contributed by atoms with Crippen LogP contribution in [0.4, 0.5) is 5.69 Å². The first-order valence-corrected chi connectivity index (χ1v) is 10.8. The Morgan fingerprint density at radius 3 is 1.78 bits per heavy atom. The van der Waals surface area contributed by atoms with E-state index in [0.29, 0.717) is 0 Å². The molecule has 3 nitrogen and oxygen atoms in total. The maximum Gasteiger partial charge on any atom is 0.269 e. The quantitative estimate of drug-likeness (QED) is 0.111. The van der Waals surface area contributed by atoms with Gasteiger partial charge >= 0.3 is 0 Å². The van der Waals surface area contributed by atoms with Crippen LogP contribution in [0.1, 0.15) is 64.2 Å². The average molecular weight is 402 g/mol. The van der Waals surface area contributed by atoms with Crippen molar-refractivity contribution in [1.29, 1.82) is 0 Å². The van der Waals surface area contributed by atoms with Gasteiger partial charge in [-0.25, -0.2) is 0 Å². The molecule has 0 heterocycles. The van der Waals surface area contributed by atoms with Crippen LogP contribution in [0.3, 0.4) is 0 Å². The van der Waals surface area contributed by atoms with Crippen molar-refractivity contribution in [3.63, 3.8) is 0 Å². The zero-order valence-electron chi connectivity index (χ0n) is 13.8. The molecule has 23 heavy (non-hydrogen) atoms. The van der Waals surface area contributed by atoms with E-state index >= 15 is 0 Å². The van der Waals surface area contributed by atoms with Gasteiger partial charge in [-0.1, -0.05) is 67.3 Å². The van der Waals surface area contributed by atoms with Crippen molar-refractivity contribution in [2.75, 3.05) is 11.1 Å². The number of nitrogens with zero attached hydrogens (tertiary/aromatic N) is 1. The highest BCUT2D eigenvalue weighted by atomic mass is 79.9. The Labute approximate surface area is 152 Å². The highest BCUT2D eigenvalue weighted by molar-refractivity contribution is 9.09. The fourth-order valence-corrected chi connectivity index (χ4v) is 3.77. The van der Waals surface area contributed by atoms with Crippen LogP contribution in [-0.4, -0.2) is 16.0 Å². The van der Waals surface area contributed by atoms with E-state index < -0.39 is 0 Å². The number of nitro benzene ring substituents is 1. The van der Waals surface area contributed by atoms with Crippen LogP contribution < -0.4 is 0 Å². The number of unbranched alkanes of at least 4 members (excludes halogenated alkanes) is 9. The van der Waals surface area contributed by atoms with Gasteiger partial charge in [-0.2, -0.15) is 0 Å². The van der Waals surface area contributed by atoms with E-state index in [2.05, 4.69) is 15.9 Å². The first-order chi connectivity index (χ1) is 11.2. The molecule has 0 amide bonds. The molecule has 1 aromatic rings. The average Bonchev–Trinajstić information content (AvgIpc) is 2.56. The van der Waals surface area contributed by atoms with Crippen LogP contribution in [0.5, 0.6) is 0 Å². The summed E-state index contributed by atoms with van der Waals surface area (Å²) >= 11 is 5.26. The van der Waals surface area contributed by atoms with Crippen molar-refractivity contribution in [1.82, 2.24) is 0 Å². The summed E-state index contributed by atoms with van der Waals surface area (Å²) in [5.74, 6) is 1.10. The summed E-state index contributed by atoms with van der Waals surface area (Å²) in [7, 11) is 0. The highest BCUT2D eigenvalue weighted by Gasteiger charge is 2.03. The van der Waals surface area contributed by atoms with E-state index in [1.807, 2.05) is 12.1 Å². The molecule has 5 heteroatoms. The highest BCUT2D eigenvalue weighted by Crippen LogP contribution is 2.22. The number of benzene rings is 1. The molecule has 0 aliphatic rings. The van der Waals surface area contributed by atoms with Gasteiger partial charge in [0.1, 0.15) is 0 Å². The summed E-state index contributed by atoms with van der Waals surface area (Å²) < 4.78 is 0. The number of rotatable bonds is 14. The standard InChI is InChI=1S/C18H28BrNO2S/c19-15-9-7-5-3-1-2-4-6-8-10-16-23-18-13-11-17(12-14-18)20(21)22/h11-14H,1-10,15-16H2. The number of thioether (sulfide) groups is 1. The Morgan fingerprint density at radius 1 is 0.826 bits per heavy atom. The third-order valence-electron chi connectivity index (χ3n) is 3.84. The van der Waals surface area contributed by atoms with Gasteiger partial charge in [-0.3, -0.25) is 10.1 Å². The van der Waals surface area contributed by atoms with Crippen LogP contribution in [-0.2, 0) is 0 Å². The normalized spacial score (nSPS) is 10.8. The molecule has 0 radical (unpaired) electrons. The largest absolute Gasteiger partial charge is 0.269 e. The SMILES string of the molecule is O=[N+]([O-])c1ccc(SCCCCCCCCCCCCBr)cc1. The molecule has 0 fully saturated rings. The molecule has 1 rings (SSSR count). The molecule has 0 aromatic heterocycles. The van der Waals surface area contributed by atoms with Gasteiger partial charge in [-0.05, 0) is 30.7 Å². The second-order valence-electron chi connectivity index (χ2n) is 5.82. The smallest absolute Gasteiger partial charge is 0.258 e. The van der Waals surface area contributed by atoms with Crippen molar-refractivity contribution < 1.29 is 4.92 Å². The third kappa shape index (κ3) is 10.8. The predicted molar refractivity (Wildman–Crippen MR) is 104 cm³/mol. The number of alkyl halides is 1. The van der Waals surface area contributed by atoms with Crippen molar-refractivity contribution in [2.45, 2.75) is 69.1 Å². The van der Waals surface area contributed by atoms with Crippen molar-refractivity contribution in [3.8, 4) is 0 Å². The van der Waals surface area contributed by atoms with Crippen molar-refractivity contribution >= 4 is 33.4 Å².